The molecule has 1 aromatic heterocycles. The monoisotopic (exact) mass is 283 g/mol. The van der Waals surface area contributed by atoms with E-state index in [-0.39, 0.29) is 0 Å². The summed E-state index contributed by atoms with van der Waals surface area (Å²) in [5.74, 6) is 0. The van der Waals surface area contributed by atoms with Crippen molar-refractivity contribution in [3.05, 3.63) is 66.0 Å². The maximum Gasteiger partial charge on any atom is 0.0544 e. The Balaban J connectivity index is 2.07. The van der Waals surface area contributed by atoms with Crippen LogP contribution in [0.15, 0.2) is 54.7 Å². The van der Waals surface area contributed by atoms with Gasteiger partial charge in [0, 0.05) is 25.3 Å². The fourth-order valence-electron chi connectivity index (χ4n) is 2.48. The van der Waals surface area contributed by atoms with Gasteiger partial charge in [0.2, 0.25) is 0 Å². The van der Waals surface area contributed by atoms with Crippen molar-refractivity contribution in [3.8, 4) is 0 Å². The maximum atomic E-state index is 4.43. The van der Waals surface area contributed by atoms with Gasteiger partial charge >= 0.3 is 0 Å². The first kappa shape index (κ1) is 15.7. The lowest BCUT2D eigenvalue weighted by Crippen LogP contribution is -2.33. The van der Waals surface area contributed by atoms with Crippen LogP contribution in [0.25, 0.3) is 0 Å². The third kappa shape index (κ3) is 4.96. The van der Waals surface area contributed by atoms with Gasteiger partial charge in [-0.3, -0.25) is 9.88 Å². The van der Waals surface area contributed by atoms with Crippen LogP contribution in [0.4, 0.5) is 0 Å². The van der Waals surface area contributed by atoms with Gasteiger partial charge in [0.25, 0.3) is 0 Å². The number of likely N-dealkylation sites (N-methyl/N-ethyl adjacent to an activating group) is 1. The Kier molecular flexibility index (Phi) is 6.38. The molecule has 1 N–H and O–H groups in total. The third-order valence-electron chi connectivity index (χ3n) is 3.62. The largest absolute Gasteiger partial charge is 0.315 e. The van der Waals surface area contributed by atoms with E-state index in [2.05, 4.69) is 65.6 Å². The topological polar surface area (TPSA) is 28.2 Å². The highest BCUT2D eigenvalue weighted by Crippen LogP contribution is 2.20. The van der Waals surface area contributed by atoms with E-state index < -0.39 is 0 Å². The van der Waals surface area contributed by atoms with Crippen LogP contribution in [-0.4, -0.2) is 30.0 Å². The molecule has 0 saturated heterocycles. The van der Waals surface area contributed by atoms with Crippen LogP contribution in [0.5, 0.6) is 0 Å². The Morgan fingerprint density at radius 3 is 2.52 bits per heavy atom. The van der Waals surface area contributed by atoms with E-state index in [1.54, 1.807) is 0 Å². The lowest BCUT2D eigenvalue weighted by molar-refractivity contribution is 0.227. The third-order valence-corrected chi connectivity index (χ3v) is 3.62. The van der Waals surface area contributed by atoms with Crippen molar-refractivity contribution in [1.29, 1.82) is 0 Å². The van der Waals surface area contributed by atoms with Crippen molar-refractivity contribution in [2.75, 3.05) is 20.1 Å². The molecule has 2 rings (SSSR count). The van der Waals surface area contributed by atoms with Gasteiger partial charge in [-0.25, -0.2) is 0 Å². The fraction of sp³-hybridized carbons (Fsp3) is 0.389. The van der Waals surface area contributed by atoms with Gasteiger partial charge in [0.1, 0.15) is 0 Å². The Labute approximate surface area is 128 Å². The van der Waals surface area contributed by atoms with E-state index >= 15 is 0 Å². The zero-order chi connectivity index (χ0) is 14.9. The molecule has 1 unspecified atom stereocenters. The van der Waals surface area contributed by atoms with Crippen LogP contribution in [0.1, 0.15) is 30.6 Å². The van der Waals surface area contributed by atoms with E-state index in [0.717, 1.165) is 31.7 Å². The fourth-order valence-corrected chi connectivity index (χ4v) is 2.48. The molecule has 21 heavy (non-hydrogen) atoms. The van der Waals surface area contributed by atoms with Gasteiger partial charge in [-0.05, 0) is 37.7 Å². The summed E-state index contributed by atoms with van der Waals surface area (Å²) in [5, 5.41) is 3.54. The summed E-state index contributed by atoms with van der Waals surface area (Å²) < 4.78 is 0. The van der Waals surface area contributed by atoms with Crippen molar-refractivity contribution >= 4 is 0 Å². The molecule has 0 aliphatic carbocycles. The SMILES string of the molecule is CCCNCC(c1ccccc1)N(C)Cc1ccccn1. The van der Waals surface area contributed by atoms with Gasteiger partial charge in [-0.15, -0.1) is 0 Å². The lowest BCUT2D eigenvalue weighted by Gasteiger charge is -2.28. The first-order chi connectivity index (χ1) is 10.3. The predicted molar refractivity (Wildman–Crippen MR) is 88.0 cm³/mol. The molecule has 0 aliphatic rings. The van der Waals surface area contributed by atoms with E-state index in [0.29, 0.717) is 6.04 Å². The molecule has 0 radical (unpaired) electrons. The maximum absolute atomic E-state index is 4.43. The molecule has 1 heterocycles. The molecule has 0 aliphatic heterocycles. The molecule has 0 saturated carbocycles. The number of hydrogen-bond donors (Lipinski definition) is 1. The van der Waals surface area contributed by atoms with Gasteiger partial charge in [-0.2, -0.15) is 0 Å². The minimum Gasteiger partial charge on any atom is -0.315 e. The first-order valence-corrected chi connectivity index (χ1v) is 7.67. The van der Waals surface area contributed by atoms with Crippen molar-refractivity contribution in [1.82, 2.24) is 15.2 Å². The number of pyridine rings is 1. The van der Waals surface area contributed by atoms with Crippen LogP contribution >= 0.6 is 0 Å². The second kappa shape index (κ2) is 8.55. The number of nitrogens with one attached hydrogen (secondary N) is 1. The van der Waals surface area contributed by atoms with E-state index in [1.807, 2.05) is 18.3 Å². The minimum absolute atomic E-state index is 0.361. The number of nitrogens with zero attached hydrogens (tertiary/aromatic N) is 2. The highest BCUT2D eigenvalue weighted by atomic mass is 15.2. The Bertz CT molecular complexity index is 498. The van der Waals surface area contributed by atoms with E-state index in [4.69, 9.17) is 0 Å². The first-order valence-electron chi connectivity index (χ1n) is 7.67. The molecular formula is C18H25N3. The van der Waals surface area contributed by atoms with Crippen LogP contribution in [0.3, 0.4) is 0 Å². The van der Waals surface area contributed by atoms with Crippen LogP contribution in [-0.2, 0) is 6.54 Å². The molecule has 0 bridgehead atoms. The quantitative estimate of drug-likeness (QED) is 0.754. The molecular weight excluding hydrogens is 258 g/mol. The summed E-state index contributed by atoms with van der Waals surface area (Å²) in [6.45, 7) is 5.07. The molecule has 2 aromatic rings. The molecule has 0 amide bonds. The summed E-state index contributed by atoms with van der Waals surface area (Å²) in [6, 6.07) is 17.1. The second-order valence-electron chi connectivity index (χ2n) is 5.37. The summed E-state index contributed by atoms with van der Waals surface area (Å²) in [7, 11) is 2.17. The number of hydrogen-bond acceptors (Lipinski definition) is 3. The smallest absolute Gasteiger partial charge is 0.0544 e. The van der Waals surface area contributed by atoms with Crippen LogP contribution < -0.4 is 5.32 Å². The molecule has 1 aromatic carbocycles. The zero-order valence-electron chi connectivity index (χ0n) is 13.0. The van der Waals surface area contributed by atoms with Crippen molar-refractivity contribution in [2.45, 2.75) is 25.9 Å². The summed E-state index contributed by atoms with van der Waals surface area (Å²) in [4.78, 5) is 6.79. The molecule has 112 valence electrons. The molecule has 3 heteroatoms. The molecule has 1 atom stereocenters. The summed E-state index contributed by atoms with van der Waals surface area (Å²) in [6.07, 6.45) is 3.02. The summed E-state index contributed by atoms with van der Waals surface area (Å²) in [5.41, 5.74) is 2.45. The second-order valence-corrected chi connectivity index (χ2v) is 5.37. The van der Waals surface area contributed by atoms with Crippen molar-refractivity contribution in [2.24, 2.45) is 0 Å². The van der Waals surface area contributed by atoms with E-state index in [1.165, 1.54) is 5.56 Å². The van der Waals surface area contributed by atoms with Crippen molar-refractivity contribution < 1.29 is 0 Å². The van der Waals surface area contributed by atoms with Gasteiger partial charge in [0.15, 0.2) is 0 Å². The zero-order valence-corrected chi connectivity index (χ0v) is 13.0. The highest BCUT2D eigenvalue weighted by Gasteiger charge is 2.16. The lowest BCUT2D eigenvalue weighted by atomic mass is 10.1. The Morgan fingerprint density at radius 1 is 1.10 bits per heavy atom. The number of aromatic nitrogens is 1. The van der Waals surface area contributed by atoms with Gasteiger partial charge < -0.3 is 5.32 Å². The predicted octanol–water partition coefficient (Wildman–Crippen LogP) is 3.25. The van der Waals surface area contributed by atoms with Crippen LogP contribution in [0.2, 0.25) is 0 Å². The Hall–Kier alpha value is -1.71. The summed E-state index contributed by atoms with van der Waals surface area (Å²) >= 11 is 0. The average Bonchev–Trinajstić information content (AvgIpc) is 2.53. The molecule has 0 fully saturated rings. The molecule has 0 spiro atoms. The minimum atomic E-state index is 0.361. The Morgan fingerprint density at radius 2 is 1.86 bits per heavy atom. The normalized spacial score (nSPS) is 12.5. The van der Waals surface area contributed by atoms with Crippen LogP contribution in [0, 0.1) is 0 Å². The van der Waals surface area contributed by atoms with Gasteiger partial charge in [-0.1, -0.05) is 43.3 Å². The number of rotatable bonds is 8. The molecule has 3 nitrogen and oxygen atoms in total. The van der Waals surface area contributed by atoms with E-state index in [9.17, 15) is 0 Å². The number of benzene rings is 1. The average molecular weight is 283 g/mol. The van der Waals surface area contributed by atoms with Gasteiger partial charge in [0.05, 0.1) is 5.69 Å². The van der Waals surface area contributed by atoms with Crippen molar-refractivity contribution in [3.63, 3.8) is 0 Å². The highest BCUT2D eigenvalue weighted by molar-refractivity contribution is 5.19. The standard InChI is InChI=1S/C18H25N3/c1-3-12-19-14-18(16-9-5-4-6-10-16)21(2)15-17-11-7-8-13-20-17/h4-11,13,18-19H,3,12,14-15H2,1-2H3.